The first kappa shape index (κ1) is 20.2. The molecule has 5 nitrogen and oxygen atoms in total. The number of rotatable bonds is 5. The Balaban J connectivity index is 1.90. The molecule has 2 rings (SSSR count). The summed E-state index contributed by atoms with van der Waals surface area (Å²) in [5.74, 6) is -0.472. The minimum atomic E-state index is -0.274. The van der Waals surface area contributed by atoms with Gasteiger partial charge in [0.1, 0.15) is 0 Å². The van der Waals surface area contributed by atoms with E-state index in [1.54, 1.807) is 37.4 Å². The molecule has 2 aromatic carbocycles. The lowest BCUT2D eigenvalue weighted by Crippen LogP contribution is -2.37. The molecule has 0 radical (unpaired) electrons. The standard InChI is InChI=1S/C22H25N3O2/c1-22(2,3)19-10-8-18(9-11-19)21(27)24-14-20(26)25(4)15-17-7-5-6-16(12-17)13-23/h5-12H,14-15H2,1-4H3,(H,24,27). The number of hydrogen-bond acceptors (Lipinski definition) is 3. The van der Waals surface area contributed by atoms with Gasteiger partial charge in [-0.25, -0.2) is 0 Å². The fraction of sp³-hybridized carbons (Fsp3) is 0.318. The van der Waals surface area contributed by atoms with E-state index < -0.39 is 0 Å². The molecule has 0 spiro atoms. The first-order valence-electron chi connectivity index (χ1n) is 8.82. The maximum Gasteiger partial charge on any atom is 0.251 e. The Labute approximate surface area is 160 Å². The highest BCUT2D eigenvalue weighted by molar-refractivity contribution is 5.96. The van der Waals surface area contributed by atoms with Gasteiger partial charge >= 0.3 is 0 Å². The first-order valence-corrected chi connectivity index (χ1v) is 8.82. The molecule has 0 aliphatic heterocycles. The van der Waals surface area contributed by atoms with Gasteiger partial charge in [-0.1, -0.05) is 45.0 Å². The molecule has 2 aromatic rings. The molecule has 0 saturated carbocycles. The number of amides is 2. The van der Waals surface area contributed by atoms with Gasteiger partial charge in [0.15, 0.2) is 0 Å². The quantitative estimate of drug-likeness (QED) is 0.886. The Kier molecular flexibility index (Phi) is 6.36. The maximum atomic E-state index is 12.3. The fourth-order valence-corrected chi connectivity index (χ4v) is 2.62. The second kappa shape index (κ2) is 8.50. The van der Waals surface area contributed by atoms with Crippen molar-refractivity contribution in [1.29, 1.82) is 5.26 Å². The van der Waals surface area contributed by atoms with E-state index in [9.17, 15) is 9.59 Å². The van der Waals surface area contributed by atoms with Crippen molar-refractivity contribution in [1.82, 2.24) is 10.2 Å². The molecule has 0 aromatic heterocycles. The summed E-state index contributed by atoms with van der Waals surface area (Å²) in [5.41, 5.74) is 3.13. The third kappa shape index (κ3) is 5.68. The van der Waals surface area contributed by atoms with E-state index in [2.05, 4.69) is 32.2 Å². The van der Waals surface area contributed by atoms with Gasteiger partial charge in [-0.05, 0) is 40.8 Å². The van der Waals surface area contributed by atoms with Crippen LogP contribution in [0.15, 0.2) is 48.5 Å². The number of nitrogens with zero attached hydrogens (tertiary/aromatic N) is 2. The van der Waals surface area contributed by atoms with Crippen LogP contribution in [0.25, 0.3) is 0 Å². The van der Waals surface area contributed by atoms with Crippen molar-refractivity contribution in [3.63, 3.8) is 0 Å². The first-order chi connectivity index (χ1) is 12.7. The number of benzene rings is 2. The van der Waals surface area contributed by atoms with Crippen LogP contribution in [0, 0.1) is 11.3 Å². The lowest BCUT2D eigenvalue weighted by atomic mass is 9.87. The van der Waals surface area contributed by atoms with Gasteiger partial charge in [0.25, 0.3) is 5.91 Å². The van der Waals surface area contributed by atoms with Gasteiger partial charge in [0.2, 0.25) is 5.91 Å². The van der Waals surface area contributed by atoms with Gasteiger partial charge < -0.3 is 10.2 Å². The summed E-state index contributed by atoms with van der Waals surface area (Å²) in [6.07, 6.45) is 0. The predicted octanol–water partition coefficient (Wildman–Crippen LogP) is 3.24. The average Bonchev–Trinajstić information content (AvgIpc) is 2.65. The molecular formula is C22H25N3O2. The molecule has 5 heteroatoms. The summed E-state index contributed by atoms with van der Waals surface area (Å²) < 4.78 is 0. The second-order valence-electron chi connectivity index (χ2n) is 7.57. The van der Waals surface area contributed by atoms with Crippen molar-refractivity contribution >= 4 is 11.8 Å². The Morgan fingerprint density at radius 2 is 1.78 bits per heavy atom. The molecule has 0 heterocycles. The number of likely N-dealkylation sites (N-methyl/N-ethyl adjacent to an activating group) is 1. The highest BCUT2D eigenvalue weighted by atomic mass is 16.2. The summed E-state index contributed by atoms with van der Waals surface area (Å²) in [7, 11) is 1.67. The van der Waals surface area contributed by atoms with Crippen LogP contribution >= 0.6 is 0 Å². The Hall–Kier alpha value is -3.13. The minimum absolute atomic E-state index is 0.0243. The smallest absolute Gasteiger partial charge is 0.251 e. The molecule has 0 unspecified atom stereocenters. The van der Waals surface area contributed by atoms with Crippen LogP contribution in [0.1, 0.15) is 47.8 Å². The van der Waals surface area contributed by atoms with E-state index in [4.69, 9.17) is 5.26 Å². The van der Waals surface area contributed by atoms with Crippen molar-refractivity contribution in [3.8, 4) is 6.07 Å². The molecule has 2 amide bonds. The van der Waals surface area contributed by atoms with Crippen LogP contribution in [0.3, 0.4) is 0 Å². The third-order valence-corrected chi connectivity index (χ3v) is 4.31. The zero-order chi connectivity index (χ0) is 20.0. The lowest BCUT2D eigenvalue weighted by Gasteiger charge is -2.19. The van der Waals surface area contributed by atoms with Crippen LogP contribution < -0.4 is 5.32 Å². The summed E-state index contributed by atoms with van der Waals surface area (Å²) >= 11 is 0. The molecule has 27 heavy (non-hydrogen) atoms. The molecule has 0 fully saturated rings. The highest BCUT2D eigenvalue weighted by Crippen LogP contribution is 2.22. The van der Waals surface area contributed by atoms with Crippen molar-refractivity contribution in [2.75, 3.05) is 13.6 Å². The largest absolute Gasteiger partial charge is 0.343 e. The van der Waals surface area contributed by atoms with E-state index >= 15 is 0 Å². The van der Waals surface area contributed by atoms with Gasteiger partial charge in [-0.3, -0.25) is 9.59 Å². The van der Waals surface area contributed by atoms with Crippen LogP contribution in [-0.2, 0) is 16.8 Å². The second-order valence-corrected chi connectivity index (χ2v) is 7.57. The summed E-state index contributed by atoms with van der Waals surface area (Å²) in [6, 6.07) is 16.6. The number of carbonyl (C=O) groups excluding carboxylic acids is 2. The average molecular weight is 363 g/mol. The van der Waals surface area contributed by atoms with Crippen LogP contribution in [0.5, 0.6) is 0 Å². The normalized spacial score (nSPS) is 10.8. The van der Waals surface area contributed by atoms with E-state index in [1.807, 2.05) is 18.2 Å². The Morgan fingerprint density at radius 3 is 2.37 bits per heavy atom. The van der Waals surface area contributed by atoms with Crippen molar-refractivity contribution in [2.45, 2.75) is 32.7 Å². The zero-order valence-electron chi connectivity index (χ0n) is 16.2. The number of nitrogens with one attached hydrogen (secondary N) is 1. The SMILES string of the molecule is CN(Cc1cccc(C#N)c1)C(=O)CNC(=O)c1ccc(C(C)(C)C)cc1. The Morgan fingerprint density at radius 1 is 1.11 bits per heavy atom. The van der Waals surface area contributed by atoms with Gasteiger partial charge in [0, 0.05) is 19.2 Å². The third-order valence-electron chi connectivity index (χ3n) is 4.31. The summed E-state index contributed by atoms with van der Waals surface area (Å²) in [6.45, 7) is 6.65. The fourth-order valence-electron chi connectivity index (χ4n) is 2.62. The summed E-state index contributed by atoms with van der Waals surface area (Å²) in [4.78, 5) is 26.1. The molecule has 0 bridgehead atoms. The zero-order valence-corrected chi connectivity index (χ0v) is 16.2. The van der Waals surface area contributed by atoms with Crippen molar-refractivity contribution in [3.05, 3.63) is 70.8 Å². The van der Waals surface area contributed by atoms with Gasteiger partial charge in [-0.2, -0.15) is 5.26 Å². The molecular weight excluding hydrogens is 338 g/mol. The topological polar surface area (TPSA) is 73.2 Å². The van der Waals surface area contributed by atoms with Crippen LogP contribution in [0.4, 0.5) is 0 Å². The Bertz CT molecular complexity index is 858. The molecule has 0 aliphatic rings. The van der Waals surface area contributed by atoms with Gasteiger partial charge in [-0.15, -0.1) is 0 Å². The number of carbonyl (C=O) groups is 2. The monoisotopic (exact) mass is 363 g/mol. The maximum absolute atomic E-state index is 12.3. The molecule has 0 saturated heterocycles. The highest BCUT2D eigenvalue weighted by Gasteiger charge is 2.15. The van der Waals surface area contributed by atoms with E-state index in [1.165, 1.54) is 4.90 Å². The number of nitriles is 1. The lowest BCUT2D eigenvalue weighted by molar-refractivity contribution is -0.129. The van der Waals surface area contributed by atoms with Crippen molar-refractivity contribution < 1.29 is 9.59 Å². The van der Waals surface area contributed by atoms with Crippen LogP contribution in [0.2, 0.25) is 0 Å². The molecule has 1 N–H and O–H groups in total. The predicted molar refractivity (Wildman–Crippen MR) is 105 cm³/mol. The molecule has 0 atom stereocenters. The number of hydrogen-bond donors (Lipinski definition) is 1. The van der Waals surface area contributed by atoms with E-state index in [-0.39, 0.29) is 23.8 Å². The van der Waals surface area contributed by atoms with E-state index in [0.717, 1.165) is 11.1 Å². The molecule has 140 valence electrons. The van der Waals surface area contributed by atoms with Gasteiger partial charge in [0.05, 0.1) is 18.2 Å². The molecule has 0 aliphatic carbocycles. The minimum Gasteiger partial charge on any atom is -0.343 e. The van der Waals surface area contributed by atoms with Crippen molar-refractivity contribution in [2.24, 2.45) is 0 Å². The van der Waals surface area contributed by atoms with Crippen LogP contribution in [-0.4, -0.2) is 30.3 Å². The van der Waals surface area contributed by atoms with E-state index in [0.29, 0.717) is 17.7 Å². The summed E-state index contributed by atoms with van der Waals surface area (Å²) in [5, 5.41) is 11.6.